The Balaban J connectivity index is 2.62. The van der Waals surface area contributed by atoms with Crippen LogP contribution in [0.25, 0.3) is 10.9 Å². The molecular weight excluding hydrogens is 204 g/mol. The SMILES string of the molecule is COc1cc2[nH]cc(CC#N)c2cc1OC. The summed E-state index contributed by atoms with van der Waals surface area (Å²) in [6, 6.07) is 5.89. The van der Waals surface area contributed by atoms with Crippen LogP contribution >= 0.6 is 0 Å². The van der Waals surface area contributed by atoms with Crippen LogP contribution in [-0.2, 0) is 6.42 Å². The van der Waals surface area contributed by atoms with Crippen molar-refractivity contribution in [2.45, 2.75) is 6.42 Å². The lowest BCUT2D eigenvalue weighted by atomic mass is 10.1. The van der Waals surface area contributed by atoms with Gasteiger partial charge in [-0.3, -0.25) is 0 Å². The molecule has 0 bridgehead atoms. The lowest BCUT2D eigenvalue weighted by Gasteiger charge is -2.07. The van der Waals surface area contributed by atoms with Crippen molar-refractivity contribution in [3.63, 3.8) is 0 Å². The number of nitriles is 1. The largest absolute Gasteiger partial charge is 0.493 e. The second-order valence-corrected chi connectivity index (χ2v) is 3.40. The zero-order chi connectivity index (χ0) is 11.5. The number of nitrogens with zero attached hydrogens (tertiary/aromatic N) is 1. The molecule has 82 valence electrons. The third-order valence-electron chi connectivity index (χ3n) is 2.54. The van der Waals surface area contributed by atoms with Crippen LogP contribution in [0.4, 0.5) is 0 Å². The Bertz CT molecular complexity index is 552. The third kappa shape index (κ3) is 1.57. The highest BCUT2D eigenvalue weighted by molar-refractivity contribution is 5.86. The average molecular weight is 216 g/mol. The van der Waals surface area contributed by atoms with Crippen molar-refractivity contribution in [3.05, 3.63) is 23.9 Å². The predicted octanol–water partition coefficient (Wildman–Crippen LogP) is 2.25. The molecule has 4 nitrogen and oxygen atoms in total. The number of fused-ring (bicyclic) bond motifs is 1. The van der Waals surface area contributed by atoms with E-state index in [2.05, 4.69) is 11.1 Å². The Morgan fingerprint density at radius 3 is 2.56 bits per heavy atom. The number of rotatable bonds is 3. The van der Waals surface area contributed by atoms with Crippen molar-refractivity contribution >= 4 is 10.9 Å². The highest BCUT2D eigenvalue weighted by Crippen LogP contribution is 2.33. The molecule has 0 aliphatic heterocycles. The molecule has 1 heterocycles. The molecule has 0 saturated carbocycles. The monoisotopic (exact) mass is 216 g/mol. The smallest absolute Gasteiger partial charge is 0.162 e. The van der Waals surface area contributed by atoms with E-state index >= 15 is 0 Å². The van der Waals surface area contributed by atoms with E-state index in [-0.39, 0.29) is 0 Å². The zero-order valence-electron chi connectivity index (χ0n) is 9.20. The fraction of sp³-hybridized carbons (Fsp3) is 0.250. The second-order valence-electron chi connectivity index (χ2n) is 3.40. The normalized spacial score (nSPS) is 10.1. The van der Waals surface area contributed by atoms with E-state index in [0.29, 0.717) is 17.9 Å². The quantitative estimate of drug-likeness (QED) is 0.856. The molecule has 0 aliphatic rings. The van der Waals surface area contributed by atoms with Gasteiger partial charge in [0.25, 0.3) is 0 Å². The number of hydrogen-bond donors (Lipinski definition) is 1. The molecule has 16 heavy (non-hydrogen) atoms. The summed E-state index contributed by atoms with van der Waals surface area (Å²) in [5.74, 6) is 1.36. The lowest BCUT2D eigenvalue weighted by molar-refractivity contribution is 0.356. The van der Waals surface area contributed by atoms with E-state index in [9.17, 15) is 0 Å². The van der Waals surface area contributed by atoms with Crippen LogP contribution < -0.4 is 9.47 Å². The molecule has 0 fully saturated rings. The van der Waals surface area contributed by atoms with Gasteiger partial charge in [-0.05, 0) is 11.6 Å². The highest BCUT2D eigenvalue weighted by atomic mass is 16.5. The van der Waals surface area contributed by atoms with Gasteiger partial charge in [-0.25, -0.2) is 0 Å². The number of ether oxygens (including phenoxy) is 2. The molecular formula is C12H12N2O2. The van der Waals surface area contributed by atoms with E-state index < -0.39 is 0 Å². The zero-order valence-corrected chi connectivity index (χ0v) is 9.20. The van der Waals surface area contributed by atoms with Crippen LogP contribution in [0.3, 0.4) is 0 Å². The van der Waals surface area contributed by atoms with Crippen molar-refractivity contribution in [1.82, 2.24) is 4.98 Å². The van der Waals surface area contributed by atoms with E-state index in [1.165, 1.54) is 0 Å². The minimum absolute atomic E-state index is 0.384. The number of H-pyrrole nitrogens is 1. The first-order valence-corrected chi connectivity index (χ1v) is 4.89. The van der Waals surface area contributed by atoms with Gasteiger partial charge in [-0.2, -0.15) is 5.26 Å². The maximum absolute atomic E-state index is 8.70. The second kappa shape index (κ2) is 4.15. The number of nitrogens with one attached hydrogen (secondary N) is 1. The molecule has 0 amide bonds. The predicted molar refractivity (Wildman–Crippen MR) is 60.7 cm³/mol. The topological polar surface area (TPSA) is 58.0 Å². The fourth-order valence-corrected chi connectivity index (χ4v) is 1.74. The van der Waals surface area contributed by atoms with Gasteiger partial charge in [0.15, 0.2) is 11.5 Å². The summed E-state index contributed by atoms with van der Waals surface area (Å²) in [5.41, 5.74) is 1.92. The van der Waals surface area contributed by atoms with Gasteiger partial charge in [0.05, 0.1) is 26.7 Å². The van der Waals surface area contributed by atoms with Crippen LogP contribution in [0.5, 0.6) is 11.5 Å². The molecule has 4 heteroatoms. The van der Waals surface area contributed by atoms with Crippen LogP contribution in [-0.4, -0.2) is 19.2 Å². The molecule has 1 aromatic heterocycles. The van der Waals surface area contributed by atoms with Crippen molar-refractivity contribution in [2.75, 3.05) is 14.2 Å². The first kappa shape index (κ1) is 10.4. The Kier molecular flexibility index (Phi) is 2.69. The minimum Gasteiger partial charge on any atom is -0.493 e. The van der Waals surface area contributed by atoms with Gasteiger partial charge >= 0.3 is 0 Å². The average Bonchev–Trinajstić information content (AvgIpc) is 2.70. The number of methoxy groups -OCH3 is 2. The molecule has 2 aromatic rings. The Labute approximate surface area is 93.4 Å². The van der Waals surface area contributed by atoms with E-state index in [1.807, 2.05) is 18.3 Å². The van der Waals surface area contributed by atoms with E-state index in [0.717, 1.165) is 16.5 Å². The molecule has 1 N–H and O–H groups in total. The number of hydrogen-bond acceptors (Lipinski definition) is 3. The molecule has 0 saturated heterocycles. The van der Waals surface area contributed by atoms with Gasteiger partial charge < -0.3 is 14.5 Å². The van der Waals surface area contributed by atoms with Gasteiger partial charge in [0, 0.05) is 23.2 Å². The van der Waals surface area contributed by atoms with Crippen molar-refractivity contribution < 1.29 is 9.47 Å². The number of benzene rings is 1. The van der Waals surface area contributed by atoms with E-state index in [1.54, 1.807) is 14.2 Å². The summed E-state index contributed by atoms with van der Waals surface area (Å²) in [7, 11) is 3.20. The molecule has 0 radical (unpaired) electrons. The summed E-state index contributed by atoms with van der Waals surface area (Å²) < 4.78 is 10.4. The van der Waals surface area contributed by atoms with Crippen molar-refractivity contribution in [1.29, 1.82) is 5.26 Å². The Morgan fingerprint density at radius 2 is 1.94 bits per heavy atom. The van der Waals surface area contributed by atoms with Gasteiger partial charge in [0.2, 0.25) is 0 Å². The summed E-state index contributed by atoms with van der Waals surface area (Å²) in [4.78, 5) is 3.11. The van der Waals surface area contributed by atoms with Crippen molar-refractivity contribution in [2.24, 2.45) is 0 Å². The molecule has 0 unspecified atom stereocenters. The minimum atomic E-state index is 0.384. The first-order chi connectivity index (χ1) is 7.80. The third-order valence-corrected chi connectivity index (χ3v) is 2.54. The molecule has 1 aromatic carbocycles. The molecule has 0 spiro atoms. The summed E-state index contributed by atoms with van der Waals surface area (Å²) in [5, 5.41) is 9.70. The number of aromatic amines is 1. The van der Waals surface area contributed by atoms with Gasteiger partial charge in [-0.15, -0.1) is 0 Å². The van der Waals surface area contributed by atoms with Crippen LogP contribution in [0.1, 0.15) is 5.56 Å². The maximum atomic E-state index is 8.70. The van der Waals surface area contributed by atoms with Gasteiger partial charge in [0.1, 0.15) is 0 Å². The molecule has 0 atom stereocenters. The maximum Gasteiger partial charge on any atom is 0.162 e. The Hall–Kier alpha value is -2.15. The fourth-order valence-electron chi connectivity index (χ4n) is 1.74. The highest BCUT2D eigenvalue weighted by Gasteiger charge is 2.09. The van der Waals surface area contributed by atoms with Crippen LogP contribution in [0.15, 0.2) is 18.3 Å². The first-order valence-electron chi connectivity index (χ1n) is 4.89. The summed E-state index contributed by atoms with van der Waals surface area (Å²) in [6.45, 7) is 0. The van der Waals surface area contributed by atoms with Crippen molar-refractivity contribution in [3.8, 4) is 17.6 Å². The lowest BCUT2D eigenvalue weighted by Crippen LogP contribution is -1.90. The van der Waals surface area contributed by atoms with Crippen LogP contribution in [0, 0.1) is 11.3 Å². The summed E-state index contributed by atoms with van der Waals surface area (Å²) >= 11 is 0. The van der Waals surface area contributed by atoms with Gasteiger partial charge in [-0.1, -0.05) is 0 Å². The molecule has 0 aliphatic carbocycles. The van der Waals surface area contributed by atoms with Crippen LogP contribution in [0.2, 0.25) is 0 Å². The standard InChI is InChI=1S/C12H12N2O2/c1-15-11-5-9-8(3-4-13)7-14-10(9)6-12(11)16-2/h5-7,14H,3H2,1-2H3. The number of aromatic nitrogens is 1. The van der Waals surface area contributed by atoms with E-state index in [4.69, 9.17) is 14.7 Å². The Morgan fingerprint density at radius 1 is 1.25 bits per heavy atom. The molecule has 2 rings (SSSR count). The summed E-state index contributed by atoms with van der Waals surface area (Å²) in [6.07, 6.45) is 2.22.